The minimum Gasteiger partial charge on any atom is -0.459 e. The van der Waals surface area contributed by atoms with Gasteiger partial charge in [0.15, 0.2) is 0 Å². The predicted octanol–water partition coefficient (Wildman–Crippen LogP) is 0.759. The van der Waals surface area contributed by atoms with Crippen LogP contribution in [0.3, 0.4) is 0 Å². The van der Waals surface area contributed by atoms with Gasteiger partial charge in [-0.15, -0.1) is 0 Å². The molecule has 0 aromatic carbocycles. The molecule has 0 spiro atoms. The summed E-state index contributed by atoms with van der Waals surface area (Å²) in [5, 5.41) is 3.83. The molecule has 1 N–H and O–H groups in total. The summed E-state index contributed by atoms with van der Waals surface area (Å²) in [4.78, 5) is 39.3. The first-order valence-corrected chi connectivity index (χ1v) is 9.12. The second-order valence-corrected chi connectivity index (χ2v) is 5.79. The molecule has 1 aromatic rings. The zero-order valence-electron chi connectivity index (χ0n) is 16.7. The molecule has 0 bridgehead atoms. The fraction of sp³-hybridized carbons (Fsp3) is 0.526. The first-order chi connectivity index (χ1) is 14.0. The highest BCUT2D eigenvalue weighted by Crippen LogP contribution is 2.00. The number of hydrogen-bond donors (Lipinski definition) is 1. The maximum absolute atomic E-state index is 12.2. The van der Waals surface area contributed by atoms with Gasteiger partial charge in [-0.25, -0.2) is 10.2 Å². The number of ether oxygens (including phenoxy) is 4. The fourth-order valence-corrected chi connectivity index (χ4v) is 1.92. The van der Waals surface area contributed by atoms with Gasteiger partial charge in [0.05, 0.1) is 33.0 Å². The number of carbonyl (C=O) groups excluding carboxylic acids is 3. The Morgan fingerprint density at radius 1 is 0.966 bits per heavy atom. The SMILES string of the molecule is COCCOCCOCCOC(=O)/C(CCC(C)=O)=N\NC(=O)c1ccncc1. The van der Waals surface area contributed by atoms with Crippen molar-refractivity contribution in [3.8, 4) is 0 Å². The van der Waals surface area contributed by atoms with E-state index in [0.29, 0.717) is 32.0 Å². The Hall–Kier alpha value is -2.69. The molecule has 1 heterocycles. The normalized spacial score (nSPS) is 11.2. The molecule has 0 unspecified atom stereocenters. The second kappa shape index (κ2) is 15.3. The lowest BCUT2D eigenvalue weighted by atomic mass is 10.1. The van der Waals surface area contributed by atoms with Gasteiger partial charge in [0.2, 0.25) is 0 Å². The third-order valence-corrected chi connectivity index (χ3v) is 3.45. The van der Waals surface area contributed by atoms with Crippen LogP contribution in [0.5, 0.6) is 0 Å². The second-order valence-electron chi connectivity index (χ2n) is 5.79. The van der Waals surface area contributed by atoms with Crippen molar-refractivity contribution < 1.29 is 33.3 Å². The Labute approximate surface area is 169 Å². The molecule has 160 valence electrons. The van der Waals surface area contributed by atoms with Gasteiger partial charge in [-0.1, -0.05) is 0 Å². The van der Waals surface area contributed by atoms with E-state index in [9.17, 15) is 14.4 Å². The lowest BCUT2D eigenvalue weighted by molar-refractivity contribution is -0.137. The van der Waals surface area contributed by atoms with Gasteiger partial charge in [-0.2, -0.15) is 5.10 Å². The van der Waals surface area contributed by atoms with Crippen LogP contribution in [0.15, 0.2) is 29.6 Å². The van der Waals surface area contributed by atoms with E-state index < -0.39 is 11.9 Å². The minimum absolute atomic E-state index is 0.00823. The largest absolute Gasteiger partial charge is 0.459 e. The number of Topliss-reactive ketones (excluding diaryl/α,β-unsaturated/α-hetero) is 1. The highest BCUT2D eigenvalue weighted by atomic mass is 16.6. The van der Waals surface area contributed by atoms with E-state index in [4.69, 9.17) is 18.9 Å². The molecule has 0 atom stereocenters. The van der Waals surface area contributed by atoms with Gasteiger partial charge in [0, 0.05) is 37.9 Å². The number of aromatic nitrogens is 1. The van der Waals surface area contributed by atoms with E-state index in [1.54, 1.807) is 7.11 Å². The van der Waals surface area contributed by atoms with E-state index >= 15 is 0 Å². The average Bonchev–Trinajstić information content (AvgIpc) is 2.72. The van der Waals surface area contributed by atoms with Gasteiger partial charge in [0.25, 0.3) is 5.91 Å². The first-order valence-electron chi connectivity index (χ1n) is 9.12. The molecule has 10 nitrogen and oxygen atoms in total. The van der Waals surface area contributed by atoms with Crippen molar-refractivity contribution in [2.75, 3.05) is 46.8 Å². The van der Waals surface area contributed by atoms with E-state index in [2.05, 4.69) is 15.5 Å². The van der Waals surface area contributed by atoms with Gasteiger partial charge in [0.1, 0.15) is 18.1 Å². The number of pyridine rings is 1. The number of hydrogen-bond acceptors (Lipinski definition) is 9. The molecule has 0 saturated heterocycles. The van der Waals surface area contributed by atoms with Crippen LogP contribution in [0.4, 0.5) is 0 Å². The van der Waals surface area contributed by atoms with E-state index in [0.717, 1.165) is 0 Å². The fourth-order valence-electron chi connectivity index (χ4n) is 1.92. The summed E-state index contributed by atoms with van der Waals surface area (Å²) < 4.78 is 20.5. The molecule has 1 amide bonds. The smallest absolute Gasteiger partial charge is 0.354 e. The summed E-state index contributed by atoms with van der Waals surface area (Å²) in [6.07, 6.45) is 3.09. The number of rotatable bonds is 15. The van der Waals surface area contributed by atoms with Crippen molar-refractivity contribution in [3.63, 3.8) is 0 Å². The number of hydrazone groups is 1. The zero-order chi connectivity index (χ0) is 21.3. The molecule has 0 radical (unpaired) electrons. The molecule has 0 saturated carbocycles. The third kappa shape index (κ3) is 11.7. The Balaban J connectivity index is 2.42. The lowest BCUT2D eigenvalue weighted by Gasteiger charge is -2.09. The maximum Gasteiger partial charge on any atom is 0.354 e. The summed E-state index contributed by atoms with van der Waals surface area (Å²) in [5.41, 5.74) is 2.58. The molecule has 1 rings (SSSR count). The monoisotopic (exact) mass is 409 g/mol. The Morgan fingerprint density at radius 3 is 2.21 bits per heavy atom. The highest BCUT2D eigenvalue weighted by Gasteiger charge is 2.15. The van der Waals surface area contributed by atoms with Gasteiger partial charge in [-0.05, 0) is 19.1 Å². The number of nitrogens with zero attached hydrogens (tertiary/aromatic N) is 2. The highest BCUT2D eigenvalue weighted by molar-refractivity contribution is 6.36. The van der Waals surface area contributed by atoms with Crippen molar-refractivity contribution in [1.29, 1.82) is 0 Å². The lowest BCUT2D eigenvalue weighted by Crippen LogP contribution is -2.26. The van der Waals surface area contributed by atoms with Crippen molar-refractivity contribution in [1.82, 2.24) is 10.4 Å². The van der Waals surface area contributed by atoms with Crippen LogP contribution >= 0.6 is 0 Å². The van der Waals surface area contributed by atoms with Crippen molar-refractivity contribution in [2.45, 2.75) is 19.8 Å². The summed E-state index contributed by atoms with van der Waals surface area (Å²) in [5.74, 6) is -1.33. The van der Waals surface area contributed by atoms with E-state index in [1.807, 2.05) is 0 Å². The van der Waals surface area contributed by atoms with Crippen LogP contribution in [0.1, 0.15) is 30.1 Å². The van der Waals surface area contributed by atoms with Gasteiger partial charge >= 0.3 is 5.97 Å². The summed E-state index contributed by atoms with van der Waals surface area (Å²) in [6.45, 7) is 3.35. The first kappa shape index (κ1) is 24.3. The molecule has 10 heteroatoms. The molecular formula is C19H27N3O7. The average molecular weight is 409 g/mol. The quantitative estimate of drug-likeness (QED) is 0.195. The topological polar surface area (TPSA) is 125 Å². The summed E-state index contributed by atoms with van der Waals surface area (Å²) >= 11 is 0. The van der Waals surface area contributed by atoms with Crippen LogP contribution in [-0.2, 0) is 28.5 Å². The molecule has 0 aliphatic heterocycles. The third-order valence-electron chi connectivity index (χ3n) is 3.45. The van der Waals surface area contributed by atoms with Crippen molar-refractivity contribution >= 4 is 23.4 Å². The van der Waals surface area contributed by atoms with E-state index in [1.165, 1.54) is 31.5 Å². The molecular weight excluding hydrogens is 382 g/mol. The minimum atomic E-state index is -0.721. The number of carbonyl (C=O) groups is 3. The van der Waals surface area contributed by atoms with Crippen molar-refractivity contribution in [3.05, 3.63) is 30.1 Å². The predicted molar refractivity (Wildman–Crippen MR) is 104 cm³/mol. The Kier molecular flexibility index (Phi) is 12.8. The summed E-state index contributed by atoms with van der Waals surface area (Å²) in [7, 11) is 1.59. The van der Waals surface area contributed by atoms with Crippen LogP contribution in [0.2, 0.25) is 0 Å². The van der Waals surface area contributed by atoms with Crippen LogP contribution in [0, 0.1) is 0 Å². The molecule has 0 fully saturated rings. The van der Waals surface area contributed by atoms with Crippen molar-refractivity contribution in [2.24, 2.45) is 5.10 Å². The van der Waals surface area contributed by atoms with E-state index in [-0.39, 0.29) is 37.6 Å². The molecule has 0 aliphatic carbocycles. The number of esters is 1. The molecule has 29 heavy (non-hydrogen) atoms. The Morgan fingerprint density at radius 2 is 1.59 bits per heavy atom. The standard InChI is InChI=1S/C19H27N3O7/c1-15(23)3-4-17(21-22-18(24)16-5-7-20-8-6-16)19(25)29-14-13-28-12-11-27-10-9-26-2/h5-8H,3-4,9-14H2,1-2H3,(H,22,24)/b21-17-. The number of ketones is 1. The maximum atomic E-state index is 12.2. The van der Waals surface area contributed by atoms with Gasteiger partial charge in [-0.3, -0.25) is 9.78 Å². The number of nitrogens with one attached hydrogen (secondary N) is 1. The Bertz CT molecular complexity index is 665. The van der Waals surface area contributed by atoms with Crippen LogP contribution in [0.25, 0.3) is 0 Å². The zero-order valence-corrected chi connectivity index (χ0v) is 16.7. The number of amides is 1. The molecule has 0 aliphatic rings. The van der Waals surface area contributed by atoms with Crippen LogP contribution in [-0.4, -0.2) is 75.1 Å². The molecule has 1 aromatic heterocycles. The summed E-state index contributed by atoms with van der Waals surface area (Å²) in [6, 6.07) is 3.02. The van der Waals surface area contributed by atoms with Gasteiger partial charge < -0.3 is 23.7 Å². The van der Waals surface area contributed by atoms with Crippen LogP contribution < -0.4 is 5.43 Å². The number of methoxy groups -OCH3 is 1.